The molecule has 0 unspecified atom stereocenters. The highest BCUT2D eigenvalue weighted by Crippen LogP contribution is 2.38. The second-order valence-electron chi connectivity index (χ2n) is 7.93. The van der Waals surface area contributed by atoms with Crippen molar-refractivity contribution in [2.75, 3.05) is 16.8 Å². The quantitative estimate of drug-likeness (QED) is 0.257. The van der Waals surface area contributed by atoms with Crippen molar-refractivity contribution in [3.63, 3.8) is 0 Å². The van der Waals surface area contributed by atoms with Gasteiger partial charge in [-0.25, -0.2) is 0 Å². The summed E-state index contributed by atoms with van der Waals surface area (Å²) in [5, 5.41) is 3.25. The molecule has 5 nitrogen and oxygen atoms in total. The van der Waals surface area contributed by atoms with Crippen LogP contribution in [0.4, 0.5) is 24.5 Å². The van der Waals surface area contributed by atoms with Crippen molar-refractivity contribution in [3.8, 4) is 5.75 Å². The fourth-order valence-corrected chi connectivity index (χ4v) is 4.86. The minimum Gasteiger partial charge on any atom is -0.484 e. The number of thioether (sulfide) groups is 1. The van der Waals surface area contributed by atoms with Crippen molar-refractivity contribution in [1.29, 1.82) is 0 Å². The Balaban J connectivity index is 1.40. The third-order valence-electron chi connectivity index (χ3n) is 5.25. The number of carbonyl (C=O) groups is 2. The van der Waals surface area contributed by atoms with Gasteiger partial charge >= 0.3 is 6.18 Å². The normalized spacial score (nSPS) is 14.8. The molecule has 1 aliphatic heterocycles. The lowest BCUT2D eigenvalue weighted by Crippen LogP contribution is -2.27. The second kappa shape index (κ2) is 11.0. The van der Waals surface area contributed by atoms with E-state index in [0.29, 0.717) is 22.0 Å². The number of nitrogens with one attached hydrogen (secondary N) is 1. The number of aryl methyl sites for hydroxylation is 1. The van der Waals surface area contributed by atoms with E-state index in [0.717, 1.165) is 34.4 Å². The first-order valence-electron chi connectivity index (χ1n) is 10.8. The predicted molar refractivity (Wildman–Crippen MR) is 144 cm³/mol. The Morgan fingerprint density at radius 1 is 1.14 bits per heavy atom. The van der Waals surface area contributed by atoms with Gasteiger partial charge in [-0.05, 0) is 66.6 Å². The first kappa shape index (κ1) is 26.7. The summed E-state index contributed by atoms with van der Waals surface area (Å²) >= 11 is 12.2. The zero-order valence-electron chi connectivity index (χ0n) is 19.1. The Hall–Kier alpha value is -3.34. The van der Waals surface area contributed by atoms with Crippen molar-refractivity contribution in [2.45, 2.75) is 13.1 Å². The van der Waals surface area contributed by atoms with E-state index in [9.17, 15) is 22.8 Å². The van der Waals surface area contributed by atoms with E-state index < -0.39 is 17.6 Å². The predicted octanol–water partition coefficient (Wildman–Crippen LogP) is 7.09. The van der Waals surface area contributed by atoms with Crippen LogP contribution in [-0.4, -0.2) is 22.7 Å². The minimum absolute atomic E-state index is 0.0516. The van der Waals surface area contributed by atoms with Crippen LogP contribution in [0.3, 0.4) is 0 Å². The van der Waals surface area contributed by atoms with E-state index in [4.69, 9.17) is 28.6 Å². The molecule has 0 aromatic heterocycles. The zero-order valence-corrected chi connectivity index (χ0v) is 21.5. The van der Waals surface area contributed by atoms with Gasteiger partial charge in [0.05, 0.1) is 16.2 Å². The number of thiocarbonyl (C=S) groups is 1. The monoisotopic (exact) mass is 562 g/mol. The Labute approximate surface area is 225 Å². The highest BCUT2D eigenvalue weighted by molar-refractivity contribution is 8.27. The fraction of sp³-hybridized carbons (Fsp3) is 0.115. The molecule has 0 aliphatic carbocycles. The number of amides is 2. The molecule has 37 heavy (non-hydrogen) atoms. The van der Waals surface area contributed by atoms with Crippen molar-refractivity contribution in [1.82, 2.24) is 0 Å². The molecule has 3 aromatic carbocycles. The van der Waals surface area contributed by atoms with Crippen molar-refractivity contribution >= 4 is 69.2 Å². The zero-order chi connectivity index (χ0) is 26.7. The molecular weight excluding hydrogens is 545 g/mol. The molecule has 11 heteroatoms. The van der Waals surface area contributed by atoms with E-state index in [-0.39, 0.29) is 27.4 Å². The first-order chi connectivity index (χ1) is 17.5. The van der Waals surface area contributed by atoms with Crippen LogP contribution in [0.1, 0.15) is 16.7 Å². The number of carbonyl (C=O) groups excluding carboxylic acids is 2. The number of nitrogens with zero attached hydrogens (tertiary/aromatic N) is 1. The summed E-state index contributed by atoms with van der Waals surface area (Å²) < 4.78 is 44.9. The van der Waals surface area contributed by atoms with E-state index in [1.165, 1.54) is 12.1 Å². The van der Waals surface area contributed by atoms with Gasteiger partial charge in [0, 0.05) is 10.7 Å². The van der Waals surface area contributed by atoms with Crippen molar-refractivity contribution in [2.24, 2.45) is 0 Å². The van der Waals surface area contributed by atoms with Gasteiger partial charge in [-0.15, -0.1) is 0 Å². The molecule has 1 N–H and O–H groups in total. The third-order valence-corrected chi connectivity index (χ3v) is 6.78. The molecule has 1 saturated heterocycles. The molecule has 2 amide bonds. The molecular formula is C26H18ClF3N2O3S2. The Kier molecular flexibility index (Phi) is 7.91. The van der Waals surface area contributed by atoms with Gasteiger partial charge in [-0.3, -0.25) is 14.5 Å². The second-order valence-corrected chi connectivity index (χ2v) is 10.0. The number of rotatable bonds is 6. The van der Waals surface area contributed by atoms with Gasteiger partial charge in [-0.1, -0.05) is 59.8 Å². The number of alkyl halides is 3. The summed E-state index contributed by atoms with van der Waals surface area (Å²) in [5.41, 5.74) is 1.29. The molecule has 3 aromatic rings. The third kappa shape index (κ3) is 6.51. The van der Waals surface area contributed by atoms with Gasteiger partial charge in [0.15, 0.2) is 10.9 Å². The number of halogens is 4. The van der Waals surface area contributed by atoms with E-state index in [2.05, 4.69) is 5.32 Å². The van der Waals surface area contributed by atoms with Crippen LogP contribution in [0.25, 0.3) is 6.08 Å². The maximum Gasteiger partial charge on any atom is 0.416 e. The summed E-state index contributed by atoms with van der Waals surface area (Å²) in [6.07, 6.45) is -2.95. The highest BCUT2D eigenvalue weighted by Gasteiger charge is 2.36. The van der Waals surface area contributed by atoms with Gasteiger partial charge in [0.25, 0.3) is 11.8 Å². The summed E-state index contributed by atoms with van der Waals surface area (Å²) in [6.45, 7) is 1.62. The molecule has 1 aliphatic rings. The van der Waals surface area contributed by atoms with Crippen LogP contribution in [0.5, 0.6) is 5.75 Å². The number of hydrogen-bond acceptors (Lipinski definition) is 5. The van der Waals surface area contributed by atoms with E-state index >= 15 is 0 Å². The smallest absolute Gasteiger partial charge is 0.416 e. The average molecular weight is 563 g/mol. The SMILES string of the molecule is Cc1ccc(Cl)cc1NC(=O)COc1ccc(/C=C2\SC(=S)N(c3cccc(C(F)(F)F)c3)C2=O)cc1. The summed E-state index contributed by atoms with van der Waals surface area (Å²) in [4.78, 5) is 26.5. The van der Waals surface area contributed by atoms with Crippen LogP contribution in [0, 0.1) is 6.92 Å². The van der Waals surface area contributed by atoms with Gasteiger partial charge < -0.3 is 10.1 Å². The van der Waals surface area contributed by atoms with Crippen LogP contribution in [-0.2, 0) is 15.8 Å². The summed E-state index contributed by atoms with van der Waals surface area (Å²) in [7, 11) is 0. The lowest BCUT2D eigenvalue weighted by Gasteiger charge is -2.16. The van der Waals surface area contributed by atoms with Crippen LogP contribution < -0.4 is 15.0 Å². The summed E-state index contributed by atoms with van der Waals surface area (Å²) in [5.74, 6) is -0.429. The van der Waals surface area contributed by atoms with E-state index in [1.54, 1.807) is 48.5 Å². The van der Waals surface area contributed by atoms with Crippen LogP contribution in [0.2, 0.25) is 5.02 Å². The molecule has 0 saturated carbocycles. The van der Waals surface area contributed by atoms with Crippen LogP contribution in [0.15, 0.2) is 71.6 Å². The summed E-state index contributed by atoms with van der Waals surface area (Å²) in [6, 6.07) is 16.3. The number of hydrogen-bond donors (Lipinski definition) is 1. The van der Waals surface area contributed by atoms with Gasteiger partial charge in [-0.2, -0.15) is 13.2 Å². The van der Waals surface area contributed by atoms with E-state index in [1.807, 2.05) is 6.92 Å². The number of ether oxygens (including phenoxy) is 1. The van der Waals surface area contributed by atoms with Crippen molar-refractivity contribution in [3.05, 3.63) is 93.3 Å². The maximum atomic E-state index is 13.1. The first-order valence-corrected chi connectivity index (χ1v) is 12.4. The lowest BCUT2D eigenvalue weighted by molar-refractivity contribution is -0.137. The highest BCUT2D eigenvalue weighted by atomic mass is 35.5. The molecule has 190 valence electrons. The standard InChI is InChI=1S/C26H18ClF3N2O3S2/c1-15-5-8-18(27)13-21(15)31-23(33)14-35-20-9-6-16(7-10-20)11-22-24(34)32(25(36)37-22)19-4-2-3-17(12-19)26(28,29)30/h2-13H,14H2,1H3,(H,31,33)/b22-11-. The Morgan fingerprint density at radius 3 is 2.57 bits per heavy atom. The molecule has 0 bridgehead atoms. The van der Waals surface area contributed by atoms with Gasteiger partial charge in [0.1, 0.15) is 5.75 Å². The number of benzene rings is 3. The number of anilines is 2. The molecule has 1 fully saturated rings. The average Bonchev–Trinajstić information content (AvgIpc) is 3.13. The van der Waals surface area contributed by atoms with Gasteiger partial charge in [0.2, 0.25) is 0 Å². The molecule has 0 radical (unpaired) electrons. The van der Waals surface area contributed by atoms with Crippen LogP contribution >= 0.6 is 35.6 Å². The van der Waals surface area contributed by atoms with Crippen molar-refractivity contribution < 1.29 is 27.5 Å². The molecule has 0 spiro atoms. The largest absolute Gasteiger partial charge is 0.484 e. The Bertz CT molecular complexity index is 1410. The molecule has 1 heterocycles. The molecule has 0 atom stereocenters. The topological polar surface area (TPSA) is 58.6 Å². The lowest BCUT2D eigenvalue weighted by atomic mass is 10.1. The minimum atomic E-state index is -4.54. The fourth-order valence-electron chi connectivity index (χ4n) is 3.39. The Morgan fingerprint density at radius 2 is 1.86 bits per heavy atom. The molecule has 4 rings (SSSR count). The maximum absolute atomic E-state index is 13.1.